The monoisotopic (exact) mass is 607 g/mol. The van der Waals surface area contributed by atoms with E-state index < -0.39 is 62.0 Å². The largest absolute Gasteiger partial charge is 0.507 e. The molecule has 0 aliphatic heterocycles. The van der Waals surface area contributed by atoms with E-state index in [2.05, 4.69) is 17.2 Å². The zero-order valence-corrected chi connectivity index (χ0v) is 24.6. The predicted molar refractivity (Wildman–Crippen MR) is 167 cm³/mol. The second kappa shape index (κ2) is 11.6. The quantitative estimate of drug-likeness (QED) is 0.0850. The van der Waals surface area contributed by atoms with Crippen molar-refractivity contribution in [2.24, 2.45) is 0 Å². The number of amides is 1. The molecule has 5 rings (SSSR count). The van der Waals surface area contributed by atoms with Crippen molar-refractivity contribution in [3.05, 3.63) is 128 Å². The molecule has 4 aromatic carbocycles. The van der Waals surface area contributed by atoms with Gasteiger partial charge >= 0.3 is 6.09 Å². The minimum Gasteiger partial charge on any atom is -0.507 e. The van der Waals surface area contributed by atoms with Gasteiger partial charge in [-0.3, -0.25) is 19.7 Å². The van der Waals surface area contributed by atoms with E-state index in [0.717, 1.165) is 28.8 Å². The molecular weight excluding hydrogens is 578 g/mol. The van der Waals surface area contributed by atoms with Crippen molar-refractivity contribution in [2.45, 2.75) is 32.9 Å². The molecule has 4 aromatic rings. The number of ether oxygens (including phenoxy) is 1. The van der Waals surface area contributed by atoms with Crippen LogP contribution >= 0.6 is 0 Å². The molecular formula is C34H29N3O8. The molecule has 11 heteroatoms. The number of anilines is 2. The Balaban J connectivity index is 1.35. The lowest BCUT2D eigenvalue weighted by molar-refractivity contribution is -0.385. The summed E-state index contributed by atoms with van der Waals surface area (Å²) in [6.07, 6.45) is -0.636. The molecule has 1 aliphatic rings. The zero-order chi connectivity index (χ0) is 32.6. The Hall–Kier alpha value is -5.97. The fourth-order valence-corrected chi connectivity index (χ4v) is 5.18. The van der Waals surface area contributed by atoms with Gasteiger partial charge in [-0.1, -0.05) is 42.5 Å². The number of nitrogens with one attached hydrogen (secondary N) is 2. The zero-order valence-electron chi connectivity index (χ0n) is 24.6. The molecule has 0 radical (unpaired) electrons. The van der Waals surface area contributed by atoms with Gasteiger partial charge in [0, 0.05) is 11.8 Å². The van der Waals surface area contributed by atoms with Crippen LogP contribution in [-0.2, 0) is 16.9 Å². The lowest BCUT2D eigenvalue weighted by atomic mass is 9.81. The summed E-state index contributed by atoms with van der Waals surface area (Å²) in [6, 6.07) is 18.9. The Morgan fingerprint density at radius 2 is 1.56 bits per heavy atom. The van der Waals surface area contributed by atoms with Crippen LogP contribution in [0.2, 0.25) is 0 Å². The highest BCUT2D eigenvalue weighted by Gasteiger charge is 2.41. The van der Waals surface area contributed by atoms with Gasteiger partial charge in [0.2, 0.25) is 11.6 Å². The predicted octanol–water partition coefficient (Wildman–Crippen LogP) is 6.72. The van der Waals surface area contributed by atoms with Crippen LogP contribution < -0.4 is 10.6 Å². The average molecular weight is 608 g/mol. The van der Waals surface area contributed by atoms with E-state index in [1.54, 1.807) is 24.3 Å². The maximum atomic E-state index is 13.6. The van der Waals surface area contributed by atoms with Crippen LogP contribution in [0.4, 0.5) is 21.9 Å². The fourth-order valence-electron chi connectivity index (χ4n) is 5.18. The van der Waals surface area contributed by atoms with Gasteiger partial charge in [0.25, 0.3) is 5.69 Å². The van der Waals surface area contributed by atoms with Gasteiger partial charge in [-0.05, 0) is 73.9 Å². The van der Waals surface area contributed by atoms with Crippen LogP contribution in [0.15, 0.2) is 79.4 Å². The third kappa shape index (κ3) is 5.83. The molecule has 0 aromatic heterocycles. The van der Waals surface area contributed by atoms with Gasteiger partial charge in [-0.25, -0.2) is 4.79 Å². The lowest BCUT2D eigenvalue weighted by Crippen LogP contribution is -2.41. The minimum absolute atomic E-state index is 0.0841. The summed E-state index contributed by atoms with van der Waals surface area (Å²) in [6.45, 7) is 9.50. The summed E-state index contributed by atoms with van der Waals surface area (Å²) in [5, 5.41) is 38.4. The Morgan fingerprint density at radius 3 is 2.24 bits per heavy atom. The number of carbonyl (C=O) groups is 3. The van der Waals surface area contributed by atoms with Gasteiger partial charge in [0.05, 0.1) is 32.8 Å². The smallest absolute Gasteiger partial charge is 0.408 e. The number of hydrogen-bond donors (Lipinski definition) is 4. The molecule has 0 saturated heterocycles. The van der Waals surface area contributed by atoms with E-state index in [0.29, 0.717) is 11.3 Å². The molecule has 0 atom stereocenters. The number of benzene rings is 4. The highest BCUT2D eigenvalue weighted by Crippen LogP contribution is 2.43. The van der Waals surface area contributed by atoms with E-state index in [9.17, 15) is 34.7 Å². The van der Waals surface area contributed by atoms with Crippen LogP contribution in [0.5, 0.6) is 11.5 Å². The van der Waals surface area contributed by atoms with Gasteiger partial charge in [0.1, 0.15) is 23.7 Å². The van der Waals surface area contributed by atoms with Gasteiger partial charge in [0.15, 0.2) is 0 Å². The number of alkyl carbamates (subject to hydrolysis) is 1. The summed E-state index contributed by atoms with van der Waals surface area (Å²) in [7, 11) is 0. The fraction of sp³-hybridized carbons (Fsp3) is 0.147. The number of nitrogens with zero attached hydrogens (tertiary/aromatic N) is 1. The number of allylic oxidation sites excluding steroid dienone is 1. The highest BCUT2D eigenvalue weighted by molar-refractivity contribution is 6.33. The second-order valence-electron chi connectivity index (χ2n) is 11.2. The molecule has 0 spiro atoms. The maximum absolute atomic E-state index is 13.6. The Labute approximate surface area is 257 Å². The Morgan fingerprint density at radius 1 is 0.911 bits per heavy atom. The van der Waals surface area contributed by atoms with E-state index in [1.165, 1.54) is 12.1 Å². The number of nitro benzene ring substituents is 1. The molecule has 11 nitrogen and oxygen atoms in total. The number of nitro groups is 1. The summed E-state index contributed by atoms with van der Waals surface area (Å²) < 4.78 is 5.48. The third-order valence-electron chi connectivity index (χ3n) is 7.52. The summed E-state index contributed by atoms with van der Waals surface area (Å²) in [5.74, 6) is -2.98. The summed E-state index contributed by atoms with van der Waals surface area (Å²) in [5.41, 5.74) is 0.748. The molecule has 0 saturated carbocycles. The minimum atomic E-state index is -0.967. The van der Waals surface area contributed by atoms with Crippen molar-refractivity contribution in [1.29, 1.82) is 0 Å². The molecule has 45 heavy (non-hydrogen) atoms. The number of hydrogen-bond acceptors (Lipinski definition) is 9. The van der Waals surface area contributed by atoms with Crippen molar-refractivity contribution in [3.8, 4) is 11.5 Å². The highest BCUT2D eigenvalue weighted by atomic mass is 16.6. The van der Waals surface area contributed by atoms with Crippen LogP contribution in [0.25, 0.3) is 5.57 Å². The van der Waals surface area contributed by atoms with Gasteiger partial charge < -0.3 is 25.6 Å². The second-order valence-corrected chi connectivity index (χ2v) is 11.2. The number of phenols is 2. The van der Waals surface area contributed by atoms with E-state index >= 15 is 0 Å². The summed E-state index contributed by atoms with van der Waals surface area (Å²) >= 11 is 0. The van der Waals surface area contributed by atoms with E-state index in [1.807, 2.05) is 45.0 Å². The number of fused-ring (bicyclic) bond motifs is 2. The first-order chi connectivity index (χ1) is 21.3. The maximum Gasteiger partial charge on any atom is 0.408 e. The molecule has 1 amide bonds. The number of carbonyl (C=O) groups excluding carboxylic acids is 3. The van der Waals surface area contributed by atoms with Crippen LogP contribution in [-0.4, -0.2) is 32.8 Å². The van der Waals surface area contributed by atoms with Crippen LogP contribution in [0.1, 0.15) is 69.3 Å². The van der Waals surface area contributed by atoms with Crippen molar-refractivity contribution in [3.63, 3.8) is 0 Å². The number of ketones is 2. The first-order valence-corrected chi connectivity index (χ1v) is 13.8. The molecule has 228 valence electrons. The molecule has 0 bridgehead atoms. The number of phenolic OH excluding ortho intramolecular Hbond substituents is 2. The number of aromatic hydroxyl groups is 2. The van der Waals surface area contributed by atoms with Gasteiger partial charge in [-0.2, -0.15) is 0 Å². The van der Waals surface area contributed by atoms with Crippen LogP contribution in [0.3, 0.4) is 0 Å². The van der Waals surface area contributed by atoms with Crippen LogP contribution in [0, 0.1) is 10.1 Å². The van der Waals surface area contributed by atoms with Crippen molar-refractivity contribution in [2.75, 3.05) is 5.32 Å². The molecule has 4 N–H and O–H groups in total. The van der Waals surface area contributed by atoms with E-state index in [-0.39, 0.29) is 17.9 Å². The molecule has 0 unspecified atom stereocenters. The molecule has 0 heterocycles. The van der Waals surface area contributed by atoms with Crippen molar-refractivity contribution in [1.82, 2.24) is 5.32 Å². The third-order valence-corrected chi connectivity index (χ3v) is 7.52. The average Bonchev–Trinajstić information content (AvgIpc) is 2.99. The normalized spacial score (nSPS) is 12.2. The first-order valence-electron chi connectivity index (χ1n) is 13.8. The van der Waals surface area contributed by atoms with Crippen molar-refractivity contribution < 1.29 is 34.3 Å². The Bertz CT molecular complexity index is 1930. The van der Waals surface area contributed by atoms with Gasteiger partial charge in [-0.15, -0.1) is 0 Å². The topological polar surface area (TPSA) is 168 Å². The first kappa shape index (κ1) is 30.5. The molecule has 0 fully saturated rings. The number of rotatable bonds is 8. The summed E-state index contributed by atoms with van der Waals surface area (Å²) in [4.78, 5) is 50.4. The van der Waals surface area contributed by atoms with Crippen molar-refractivity contribution >= 4 is 40.3 Å². The molecule has 1 aliphatic carbocycles. The standard InChI is InChI=1S/C34H29N3O8/c1-18(2)20-8-6-9-21(16-20)34(3,4)36-33(42)45-17-19-7-5-10-22(15-19)35-23-11-13-25(38)29-27(23)31(40)30-26(39)14-12-24(37(43)44)28(30)32(29)41/h5-16,35,38-39H,1,17H2,2-4H3,(H,36,42). The van der Waals surface area contributed by atoms with E-state index in [4.69, 9.17) is 4.74 Å². The lowest BCUT2D eigenvalue weighted by Gasteiger charge is -2.27. The SMILES string of the molecule is C=C(C)c1cccc(C(C)(C)NC(=O)OCc2cccc(Nc3ccc(O)c4c3C(=O)c3c(O)ccc([N+](=O)[O-])c3C4=O)c2)c1. The Kier molecular flexibility index (Phi) is 7.86.